The third-order valence-electron chi connectivity index (χ3n) is 2.66. The number of carbonyl (C=O) groups excluding carboxylic acids is 1. The van der Waals surface area contributed by atoms with Crippen molar-refractivity contribution < 1.29 is 13.2 Å². The topological polar surface area (TPSA) is 75.3 Å². The Bertz CT molecular complexity index is 636. The van der Waals surface area contributed by atoms with Gasteiger partial charge in [-0.3, -0.25) is 4.79 Å². The molecule has 0 aliphatic rings. The maximum Gasteiger partial charge on any atom is 0.241 e. The van der Waals surface area contributed by atoms with Crippen molar-refractivity contribution in [1.82, 2.24) is 10.0 Å². The van der Waals surface area contributed by atoms with Gasteiger partial charge in [0.15, 0.2) is 0 Å². The highest BCUT2D eigenvalue weighted by Crippen LogP contribution is 2.20. The summed E-state index contributed by atoms with van der Waals surface area (Å²) in [4.78, 5) is 12.1. The van der Waals surface area contributed by atoms with Crippen molar-refractivity contribution in [3.05, 3.63) is 28.2 Å². The van der Waals surface area contributed by atoms with Crippen molar-refractivity contribution in [1.29, 1.82) is 0 Å². The Labute approximate surface area is 134 Å². The van der Waals surface area contributed by atoms with Crippen molar-refractivity contribution in [2.24, 2.45) is 0 Å². The molecule has 1 atom stereocenters. The van der Waals surface area contributed by atoms with Crippen molar-refractivity contribution in [2.45, 2.75) is 51.1 Å². The molecule has 0 aliphatic heterocycles. The Morgan fingerprint density at radius 3 is 2.38 bits per heavy atom. The first-order chi connectivity index (χ1) is 9.42. The third kappa shape index (κ3) is 5.41. The van der Waals surface area contributed by atoms with Crippen LogP contribution in [0.15, 0.2) is 27.6 Å². The Kier molecular flexibility index (Phi) is 5.57. The van der Waals surface area contributed by atoms with E-state index in [1.807, 2.05) is 20.8 Å². The van der Waals surface area contributed by atoms with Crippen LogP contribution in [0.3, 0.4) is 0 Å². The van der Waals surface area contributed by atoms with E-state index < -0.39 is 21.6 Å². The summed E-state index contributed by atoms with van der Waals surface area (Å²) >= 11 is 3.25. The highest BCUT2D eigenvalue weighted by molar-refractivity contribution is 9.10. The van der Waals surface area contributed by atoms with Crippen LogP contribution in [-0.4, -0.2) is 25.9 Å². The molecule has 0 heterocycles. The van der Waals surface area contributed by atoms with Crippen LogP contribution in [0.25, 0.3) is 0 Å². The van der Waals surface area contributed by atoms with Gasteiger partial charge in [0.2, 0.25) is 15.9 Å². The minimum Gasteiger partial charge on any atom is -0.350 e. The number of hydrogen-bond donors (Lipinski definition) is 2. The standard InChI is InChI=1S/C14H21BrN2O3S/c1-9-6-7-11(15)8-12(9)21(19,20)17-10(2)13(18)16-14(3,4)5/h6-8,10,17H,1-5H3,(H,16,18). The molecule has 0 aromatic heterocycles. The van der Waals surface area contributed by atoms with Crippen molar-refractivity contribution in [3.8, 4) is 0 Å². The zero-order valence-corrected chi connectivity index (χ0v) is 15.2. The lowest BCUT2D eigenvalue weighted by Gasteiger charge is -2.23. The molecule has 2 N–H and O–H groups in total. The van der Waals surface area contributed by atoms with Gasteiger partial charge in [0.25, 0.3) is 0 Å². The van der Waals surface area contributed by atoms with Gasteiger partial charge in [-0.1, -0.05) is 22.0 Å². The summed E-state index contributed by atoms with van der Waals surface area (Å²) in [6, 6.07) is 4.14. The van der Waals surface area contributed by atoms with Crippen molar-refractivity contribution in [3.63, 3.8) is 0 Å². The first-order valence-electron chi connectivity index (χ1n) is 6.53. The summed E-state index contributed by atoms with van der Waals surface area (Å²) in [5, 5.41) is 2.74. The largest absolute Gasteiger partial charge is 0.350 e. The van der Waals surface area contributed by atoms with Gasteiger partial charge in [-0.15, -0.1) is 0 Å². The van der Waals surface area contributed by atoms with Crippen LogP contribution >= 0.6 is 15.9 Å². The number of nitrogens with one attached hydrogen (secondary N) is 2. The molecule has 1 aromatic carbocycles. The molecule has 1 aromatic rings. The minimum absolute atomic E-state index is 0.160. The van der Waals surface area contributed by atoms with Gasteiger partial charge >= 0.3 is 0 Å². The summed E-state index contributed by atoms with van der Waals surface area (Å²) in [7, 11) is -3.75. The molecule has 1 amide bonds. The van der Waals surface area contributed by atoms with Crippen LogP contribution in [-0.2, 0) is 14.8 Å². The second kappa shape index (κ2) is 6.46. The molecule has 0 fully saturated rings. The van der Waals surface area contributed by atoms with E-state index in [-0.39, 0.29) is 10.8 Å². The number of aryl methyl sites for hydroxylation is 1. The molecule has 0 bridgehead atoms. The Hall–Kier alpha value is -0.920. The predicted octanol–water partition coefficient (Wildman–Crippen LogP) is 2.34. The lowest BCUT2D eigenvalue weighted by atomic mass is 10.1. The summed E-state index contributed by atoms with van der Waals surface area (Å²) in [5.74, 6) is -0.362. The van der Waals surface area contributed by atoms with Crippen LogP contribution in [0.5, 0.6) is 0 Å². The van der Waals surface area contributed by atoms with Crippen molar-refractivity contribution >= 4 is 31.9 Å². The molecule has 118 valence electrons. The maximum absolute atomic E-state index is 12.4. The van der Waals surface area contributed by atoms with Crippen LogP contribution in [0.2, 0.25) is 0 Å². The zero-order chi connectivity index (χ0) is 16.4. The highest BCUT2D eigenvalue weighted by Gasteiger charge is 2.25. The quantitative estimate of drug-likeness (QED) is 0.846. The van der Waals surface area contributed by atoms with E-state index in [1.54, 1.807) is 19.1 Å². The van der Waals surface area contributed by atoms with Gasteiger partial charge in [-0.05, 0) is 52.3 Å². The van der Waals surface area contributed by atoms with Gasteiger partial charge in [-0.2, -0.15) is 4.72 Å². The van der Waals surface area contributed by atoms with Crippen LogP contribution in [0.1, 0.15) is 33.3 Å². The molecular weight excluding hydrogens is 356 g/mol. The highest BCUT2D eigenvalue weighted by atomic mass is 79.9. The van der Waals surface area contributed by atoms with Gasteiger partial charge in [0.1, 0.15) is 0 Å². The number of carbonyl (C=O) groups is 1. The molecule has 21 heavy (non-hydrogen) atoms. The molecule has 7 heteroatoms. The number of amides is 1. The smallest absolute Gasteiger partial charge is 0.241 e. The molecule has 0 aliphatic carbocycles. The fraction of sp³-hybridized carbons (Fsp3) is 0.500. The lowest BCUT2D eigenvalue weighted by molar-refractivity contribution is -0.123. The Balaban J connectivity index is 2.95. The van der Waals surface area contributed by atoms with Crippen LogP contribution in [0, 0.1) is 6.92 Å². The fourth-order valence-corrected chi connectivity index (χ4v) is 3.68. The van der Waals surface area contributed by atoms with E-state index in [0.717, 1.165) is 0 Å². The first-order valence-corrected chi connectivity index (χ1v) is 8.80. The number of benzene rings is 1. The summed E-state index contributed by atoms with van der Waals surface area (Å²) in [6.45, 7) is 8.74. The van der Waals surface area contributed by atoms with Crippen molar-refractivity contribution in [2.75, 3.05) is 0 Å². The van der Waals surface area contributed by atoms with E-state index >= 15 is 0 Å². The number of hydrogen-bond acceptors (Lipinski definition) is 3. The molecular formula is C14H21BrN2O3S. The molecule has 0 saturated carbocycles. The average Bonchev–Trinajstić information content (AvgIpc) is 2.29. The van der Waals surface area contributed by atoms with E-state index in [2.05, 4.69) is 26.0 Å². The monoisotopic (exact) mass is 376 g/mol. The minimum atomic E-state index is -3.75. The zero-order valence-electron chi connectivity index (χ0n) is 12.8. The van der Waals surface area contributed by atoms with Gasteiger partial charge in [-0.25, -0.2) is 8.42 Å². The second-order valence-electron chi connectivity index (χ2n) is 5.99. The molecule has 5 nitrogen and oxygen atoms in total. The molecule has 0 radical (unpaired) electrons. The SMILES string of the molecule is Cc1ccc(Br)cc1S(=O)(=O)NC(C)C(=O)NC(C)(C)C. The van der Waals surface area contributed by atoms with E-state index in [1.165, 1.54) is 13.0 Å². The molecule has 1 unspecified atom stereocenters. The first kappa shape index (κ1) is 18.1. The lowest BCUT2D eigenvalue weighted by Crippen LogP contribution is -2.50. The average molecular weight is 377 g/mol. The van der Waals surface area contributed by atoms with E-state index in [4.69, 9.17) is 0 Å². The van der Waals surface area contributed by atoms with Gasteiger partial charge in [0, 0.05) is 10.0 Å². The fourth-order valence-electron chi connectivity index (χ4n) is 1.69. The number of rotatable bonds is 4. The number of halogens is 1. The predicted molar refractivity (Wildman–Crippen MR) is 86.6 cm³/mol. The molecule has 0 saturated heterocycles. The summed E-state index contributed by atoms with van der Waals surface area (Å²) in [6.07, 6.45) is 0. The third-order valence-corrected chi connectivity index (χ3v) is 4.84. The van der Waals surface area contributed by atoms with Gasteiger partial charge < -0.3 is 5.32 Å². The summed E-state index contributed by atoms with van der Waals surface area (Å²) < 4.78 is 27.8. The molecule has 0 spiro atoms. The van der Waals surface area contributed by atoms with Crippen LogP contribution < -0.4 is 10.0 Å². The van der Waals surface area contributed by atoms with E-state index in [0.29, 0.717) is 10.0 Å². The molecule has 1 rings (SSSR count). The Morgan fingerprint density at radius 2 is 1.86 bits per heavy atom. The summed E-state index contributed by atoms with van der Waals surface area (Å²) in [5.41, 5.74) is 0.205. The second-order valence-corrected chi connectivity index (χ2v) is 8.59. The number of sulfonamides is 1. The maximum atomic E-state index is 12.4. The normalized spacial score (nSPS) is 13.8. The van der Waals surface area contributed by atoms with E-state index in [9.17, 15) is 13.2 Å². The van der Waals surface area contributed by atoms with Crippen LogP contribution in [0.4, 0.5) is 0 Å². The Morgan fingerprint density at radius 1 is 1.29 bits per heavy atom. The van der Waals surface area contributed by atoms with Gasteiger partial charge in [0.05, 0.1) is 10.9 Å².